The molecule has 0 bridgehead atoms. The van der Waals surface area contributed by atoms with Gasteiger partial charge in [0.2, 0.25) is 5.91 Å². The molecule has 25 heavy (non-hydrogen) atoms. The third-order valence-corrected chi connectivity index (χ3v) is 5.36. The number of morpholine rings is 1. The first-order valence-corrected chi connectivity index (χ1v) is 9.18. The van der Waals surface area contributed by atoms with Gasteiger partial charge in [0.25, 0.3) is 0 Å². The van der Waals surface area contributed by atoms with Gasteiger partial charge in [-0.25, -0.2) is 4.39 Å². The van der Waals surface area contributed by atoms with Gasteiger partial charge < -0.3 is 15.4 Å². The minimum absolute atomic E-state index is 0.0163. The first-order chi connectivity index (χ1) is 12.1. The van der Waals surface area contributed by atoms with Crippen molar-refractivity contribution in [3.8, 4) is 0 Å². The molecule has 3 atom stereocenters. The molecule has 1 amide bonds. The first-order valence-electron chi connectivity index (χ1n) is 9.18. The largest absolute Gasteiger partial charge is 0.379 e. The number of benzene rings is 1. The SMILES string of the molecule is C[C@H](N)[C@@H]1CCCN(C(=O)[C@@H](c2ccccc2F)N2CCOCC2)C1. The monoisotopic (exact) mass is 349 g/mol. The Labute approximate surface area is 148 Å². The van der Waals surface area contributed by atoms with Crippen LogP contribution in [0, 0.1) is 11.7 Å². The Morgan fingerprint density at radius 3 is 2.68 bits per heavy atom. The molecule has 2 fully saturated rings. The van der Waals surface area contributed by atoms with E-state index in [9.17, 15) is 9.18 Å². The van der Waals surface area contributed by atoms with Gasteiger partial charge in [-0.2, -0.15) is 0 Å². The number of carbonyl (C=O) groups excluding carboxylic acids is 1. The molecule has 3 rings (SSSR count). The van der Waals surface area contributed by atoms with Crippen LogP contribution < -0.4 is 5.73 Å². The van der Waals surface area contributed by atoms with Crippen molar-refractivity contribution in [1.29, 1.82) is 0 Å². The van der Waals surface area contributed by atoms with E-state index in [-0.39, 0.29) is 17.8 Å². The third kappa shape index (κ3) is 4.19. The van der Waals surface area contributed by atoms with Crippen LogP contribution in [-0.2, 0) is 9.53 Å². The van der Waals surface area contributed by atoms with Crippen molar-refractivity contribution < 1.29 is 13.9 Å². The number of likely N-dealkylation sites (tertiary alicyclic amines) is 1. The van der Waals surface area contributed by atoms with Crippen LogP contribution in [0.25, 0.3) is 0 Å². The molecule has 6 heteroatoms. The zero-order chi connectivity index (χ0) is 17.8. The van der Waals surface area contributed by atoms with Crippen LogP contribution >= 0.6 is 0 Å². The van der Waals surface area contributed by atoms with E-state index >= 15 is 0 Å². The molecule has 5 nitrogen and oxygen atoms in total. The van der Waals surface area contributed by atoms with Crippen molar-refractivity contribution in [2.45, 2.75) is 31.8 Å². The number of carbonyl (C=O) groups is 1. The third-order valence-electron chi connectivity index (χ3n) is 5.36. The van der Waals surface area contributed by atoms with E-state index in [4.69, 9.17) is 10.5 Å². The van der Waals surface area contributed by atoms with E-state index < -0.39 is 6.04 Å². The number of nitrogens with two attached hydrogens (primary N) is 1. The van der Waals surface area contributed by atoms with Crippen molar-refractivity contribution in [1.82, 2.24) is 9.80 Å². The molecule has 0 spiro atoms. The average Bonchev–Trinajstić information content (AvgIpc) is 2.64. The standard InChI is InChI=1S/C19H28FN3O2/c1-14(21)15-5-4-8-23(13-15)19(24)18(22-9-11-25-12-10-22)16-6-2-3-7-17(16)20/h2-3,6-7,14-15,18H,4-5,8-13,21H2,1H3/t14-,15+,18+/m0/s1. The van der Waals surface area contributed by atoms with Crippen LogP contribution in [0.15, 0.2) is 24.3 Å². The van der Waals surface area contributed by atoms with Crippen molar-refractivity contribution >= 4 is 5.91 Å². The number of hydrogen-bond acceptors (Lipinski definition) is 4. The summed E-state index contributed by atoms with van der Waals surface area (Å²) in [6, 6.07) is 6.08. The lowest BCUT2D eigenvalue weighted by molar-refractivity contribution is -0.141. The van der Waals surface area contributed by atoms with Gasteiger partial charge in [0.1, 0.15) is 11.9 Å². The molecule has 2 aliphatic heterocycles. The van der Waals surface area contributed by atoms with Gasteiger partial charge in [-0.3, -0.25) is 9.69 Å². The number of halogens is 1. The molecule has 138 valence electrons. The smallest absolute Gasteiger partial charge is 0.244 e. The summed E-state index contributed by atoms with van der Waals surface area (Å²) in [4.78, 5) is 17.3. The molecule has 0 aromatic heterocycles. The number of nitrogens with zero attached hydrogens (tertiary/aromatic N) is 2. The lowest BCUT2D eigenvalue weighted by atomic mass is 9.91. The molecular weight excluding hydrogens is 321 g/mol. The zero-order valence-electron chi connectivity index (χ0n) is 14.9. The van der Waals surface area contributed by atoms with E-state index in [0.717, 1.165) is 19.4 Å². The number of amides is 1. The molecule has 2 heterocycles. The fraction of sp³-hybridized carbons (Fsp3) is 0.632. The second-order valence-electron chi connectivity index (χ2n) is 7.12. The number of ether oxygens (including phenoxy) is 1. The van der Waals surface area contributed by atoms with Crippen LogP contribution in [0.2, 0.25) is 0 Å². The summed E-state index contributed by atoms with van der Waals surface area (Å²) >= 11 is 0. The molecule has 2 saturated heterocycles. The summed E-state index contributed by atoms with van der Waals surface area (Å²) in [5.74, 6) is -0.0332. The number of piperidine rings is 1. The van der Waals surface area contributed by atoms with E-state index in [0.29, 0.717) is 44.3 Å². The lowest BCUT2D eigenvalue weighted by Crippen LogP contribution is -2.51. The Bertz CT molecular complexity index is 590. The summed E-state index contributed by atoms with van der Waals surface area (Å²) in [6.45, 7) is 5.78. The van der Waals surface area contributed by atoms with Crippen molar-refractivity contribution in [3.63, 3.8) is 0 Å². The minimum atomic E-state index is -0.586. The van der Waals surface area contributed by atoms with Gasteiger partial charge in [0, 0.05) is 37.8 Å². The van der Waals surface area contributed by atoms with Gasteiger partial charge in [-0.15, -0.1) is 0 Å². The van der Waals surface area contributed by atoms with E-state index in [1.54, 1.807) is 18.2 Å². The van der Waals surface area contributed by atoms with E-state index in [1.165, 1.54) is 6.07 Å². The molecule has 0 saturated carbocycles. The maximum Gasteiger partial charge on any atom is 0.244 e. The second kappa shape index (κ2) is 8.25. The maximum absolute atomic E-state index is 14.5. The second-order valence-corrected chi connectivity index (χ2v) is 7.12. The molecule has 0 unspecified atom stereocenters. The van der Waals surface area contributed by atoms with Crippen LogP contribution in [-0.4, -0.2) is 61.1 Å². The van der Waals surface area contributed by atoms with Crippen molar-refractivity contribution in [2.75, 3.05) is 39.4 Å². The summed E-state index contributed by atoms with van der Waals surface area (Å²) in [6.07, 6.45) is 1.99. The summed E-state index contributed by atoms with van der Waals surface area (Å²) < 4.78 is 19.9. The molecule has 1 aromatic rings. The average molecular weight is 349 g/mol. The van der Waals surface area contributed by atoms with Gasteiger partial charge in [-0.1, -0.05) is 18.2 Å². The Hall–Kier alpha value is -1.50. The quantitative estimate of drug-likeness (QED) is 0.900. The molecule has 0 aliphatic carbocycles. The van der Waals surface area contributed by atoms with Gasteiger partial charge >= 0.3 is 0 Å². The topological polar surface area (TPSA) is 58.8 Å². The number of rotatable bonds is 4. The van der Waals surface area contributed by atoms with E-state index in [2.05, 4.69) is 0 Å². The highest BCUT2D eigenvalue weighted by Gasteiger charge is 2.36. The van der Waals surface area contributed by atoms with Crippen LogP contribution in [0.4, 0.5) is 4.39 Å². The van der Waals surface area contributed by atoms with Gasteiger partial charge in [-0.05, 0) is 31.7 Å². The number of hydrogen-bond donors (Lipinski definition) is 1. The fourth-order valence-corrected chi connectivity index (χ4v) is 3.83. The first kappa shape index (κ1) is 18.3. The molecule has 2 N–H and O–H groups in total. The van der Waals surface area contributed by atoms with Gasteiger partial charge in [0.15, 0.2) is 0 Å². The van der Waals surface area contributed by atoms with Crippen molar-refractivity contribution in [3.05, 3.63) is 35.6 Å². The van der Waals surface area contributed by atoms with Crippen LogP contribution in [0.3, 0.4) is 0 Å². The highest BCUT2D eigenvalue weighted by molar-refractivity contribution is 5.83. The van der Waals surface area contributed by atoms with Gasteiger partial charge in [0.05, 0.1) is 13.2 Å². The Morgan fingerprint density at radius 1 is 1.28 bits per heavy atom. The van der Waals surface area contributed by atoms with Crippen molar-refractivity contribution in [2.24, 2.45) is 11.7 Å². The minimum Gasteiger partial charge on any atom is -0.379 e. The Morgan fingerprint density at radius 2 is 2.00 bits per heavy atom. The highest BCUT2D eigenvalue weighted by Crippen LogP contribution is 2.29. The normalized spacial score (nSPS) is 24.8. The summed E-state index contributed by atoms with van der Waals surface area (Å²) in [7, 11) is 0. The molecular formula is C19H28FN3O2. The molecule has 2 aliphatic rings. The highest BCUT2D eigenvalue weighted by atomic mass is 19.1. The predicted octanol–water partition coefficient (Wildman–Crippen LogP) is 1.78. The molecule has 1 aromatic carbocycles. The predicted molar refractivity (Wildman–Crippen MR) is 94.5 cm³/mol. The van der Waals surface area contributed by atoms with E-state index in [1.807, 2.05) is 16.7 Å². The zero-order valence-corrected chi connectivity index (χ0v) is 14.9. The Balaban J connectivity index is 1.85. The Kier molecular flexibility index (Phi) is 6.04. The lowest BCUT2D eigenvalue weighted by Gasteiger charge is -2.40. The van der Waals surface area contributed by atoms with Crippen LogP contribution in [0.1, 0.15) is 31.4 Å². The maximum atomic E-state index is 14.5. The summed E-state index contributed by atoms with van der Waals surface area (Å²) in [5, 5.41) is 0. The fourth-order valence-electron chi connectivity index (χ4n) is 3.83. The van der Waals surface area contributed by atoms with Crippen LogP contribution in [0.5, 0.6) is 0 Å². The molecule has 0 radical (unpaired) electrons. The summed E-state index contributed by atoms with van der Waals surface area (Å²) in [5.41, 5.74) is 6.51.